The fraction of sp³-hybridized carbons (Fsp3) is 0.133. The van der Waals surface area contributed by atoms with Crippen LogP contribution in [0.3, 0.4) is 0 Å². The molecule has 1 aromatic rings. The summed E-state index contributed by atoms with van der Waals surface area (Å²) >= 11 is 0. The summed E-state index contributed by atoms with van der Waals surface area (Å²) in [4.78, 5) is 3.73. The Kier molecular flexibility index (Phi) is 5.50. The Morgan fingerprint density at radius 2 is 2.12 bits per heavy atom. The third-order valence-electron chi connectivity index (χ3n) is 2.21. The third-order valence-corrected chi connectivity index (χ3v) is 2.21. The Labute approximate surface area is 103 Å². The van der Waals surface area contributed by atoms with Crippen molar-refractivity contribution >= 4 is 12.3 Å². The Balaban J connectivity index is 3.21. The molecule has 2 heteroatoms. The van der Waals surface area contributed by atoms with Gasteiger partial charge in [0.05, 0.1) is 6.54 Å². The maximum atomic E-state index is 5.37. The second kappa shape index (κ2) is 7.21. The normalized spacial score (nSPS) is 11.6. The van der Waals surface area contributed by atoms with Crippen LogP contribution in [0, 0.1) is 11.8 Å². The van der Waals surface area contributed by atoms with Gasteiger partial charge in [0.2, 0.25) is 0 Å². The van der Waals surface area contributed by atoms with E-state index in [1.807, 2.05) is 43.3 Å². The van der Waals surface area contributed by atoms with Crippen LogP contribution >= 0.6 is 0 Å². The van der Waals surface area contributed by atoms with Crippen molar-refractivity contribution in [3.05, 3.63) is 53.7 Å². The number of nitrogens with two attached hydrogens (primary N) is 1. The van der Waals surface area contributed by atoms with Gasteiger partial charge >= 0.3 is 0 Å². The Morgan fingerprint density at radius 3 is 2.71 bits per heavy atom. The highest BCUT2D eigenvalue weighted by molar-refractivity contribution is 5.79. The molecule has 0 atom stereocenters. The molecule has 0 radical (unpaired) electrons. The van der Waals surface area contributed by atoms with Crippen molar-refractivity contribution in [1.29, 1.82) is 0 Å². The molecule has 0 aliphatic rings. The standard InChI is InChI=1S/C15H16N2/c1-13(7-6-11-16)15(10-12-17-2)14-8-4-3-5-9-14/h3-5,8-10,12H,2,11,16H2,1H3/b12-10-,15-13-. The summed E-state index contributed by atoms with van der Waals surface area (Å²) in [5.41, 5.74) is 8.49. The van der Waals surface area contributed by atoms with E-state index in [9.17, 15) is 0 Å². The van der Waals surface area contributed by atoms with Crippen LogP contribution in [0.5, 0.6) is 0 Å². The number of hydrogen-bond donors (Lipinski definition) is 1. The number of nitrogens with zero attached hydrogens (tertiary/aromatic N) is 1. The second-order valence-corrected chi connectivity index (χ2v) is 3.41. The van der Waals surface area contributed by atoms with Gasteiger partial charge in [-0.1, -0.05) is 42.2 Å². The van der Waals surface area contributed by atoms with Crippen LogP contribution in [0.15, 0.2) is 53.2 Å². The van der Waals surface area contributed by atoms with E-state index in [1.165, 1.54) is 0 Å². The maximum absolute atomic E-state index is 5.37. The van der Waals surface area contributed by atoms with Crippen molar-refractivity contribution in [1.82, 2.24) is 0 Å². The largest absolute Gasteiger partial charge is 0.320 e. The average molecular weight is 224 g/mol. The van der Waals surface area contributed by atoms with Gasteiger partial charge in [-0.3, -0.25) is 4.99 Å². The van der Waals surface area contributed by atoms with Crippen molar-refractivity contribution in [2.24, 2.45) is 10.7 Å². The molecule has 86 valence electrons. The highest BCUT2D eigenvalue weighted by Gasteiger charge is 2.00. The van der Waals surface area contributed by atoms with Gasteiger partial charge in [0.1, 0.15) is 0 Å². The van der Waals surface area contributed by atoms with Crippen molar-refractivity contribution in [2.45, 2.75) is 6.92 Å². The van der Waals surface area contributed by atoms with Crippen LogP contribution in [-0.4, -0.2) is 13.3 Å². The molecule has 0 aliphatic heterocycles. The lowest BCUT2D eigenvalue weighted by Crippen LogP contribution is -1.93. The second-order valence-electron chi connectivity index (χ2n) is 3.41. The van der Waals surface area contributed by atoms with Crippen molar-refractivity contribution in [2.75, 3.05) is 6.54 Å². The lowest BCUT2D eigenvalue weighted by atomic mass is 10.0. The van der Waals surface area contributed by atoms with Crippen LogP contribution in [0.4, 0.5) is 0 Å². The lowest BCUT2D eigenvalue weighted by Gasteiger charge is -2.03. The lowest BCUT2D eigenvalue weighted by molar-refractivity contribution is 1.30. The molecular weight excluding hydrogens is 208 g/mol. The molecule has 1 rings (SSSR count). The third kappa shape index (κ3) is 4.10. The molecule has 0 heterocycles. The highest BCUT2D eigenvalue weighted by Crippen LogP contribution is 2.19. The summed E-state index contributed by atoms with van der Waals surface area (Å²) in [6, 6.07) is 10.0. The molecular formula is C15H16N2. The van der Waals surface area contributed by atoms with Crippen molar-refractivity contribution < 1.29 is 0 Å². The Bertz CT molecular complexity index is 485. The zero-order chi connectivity index (χ0) is 12.5. The molecule has 0 spiro atoms. The first-order chi connectivity index (χ1) is 8.29. The predicted octanol–water partition coefficient (Wildman–Crippen LogP) is 2.64. The Hall–Kier alpha value is -2.11. The van der Waals surface area contributed by atoms with Crippen molar-refractivity contribution in [3.8, 4) is 11.8 Å². The number of allylic oxidation sites excluding steroid dienone is 3. The Morgan fingerprint density at radius 1 is 1.41 bits per heavy atom. The van der Waals surface area contributed by atoms with Crippen LogP contribution in [0.25, 0.3) is 5.57 Å². The number of rotatable bonds is 3. The van der Waals surface area contributed by atoms with Crippen molar-refractivity contribution in [3.63, 3.8) is 0 Å². The average Bonchev–Trinajstić information content (AvgIpc) is 2.38. The van der Waals surface area contributed by atoms with Gasteiger partial charge < -0.3 is 5.73 Å². The highest BCUT2D eigenvalue weighted by atomic mass is 14.6. The number of aliphatic imine (C=N–C) groups is 1. The minimum absolute atomic E-state index is 0.364. The van der Waals surface area contributed by atoms with Gasteiger partial charge in [-0.05, 0) is 30.9 Å². The SMILES string of the molecule is C=N/C=C\C(=C(/C)C#CCN)c1ccccc1. The first kappa shape index (κ1) is 13.0. The zero-order valence-electron chi connectivity index (χ0n) is 9.98. The fourth-order valence-electron chi connectivity index (χ4n) is 1.43. The van der Waals surface area contributed by atoms with E-state index in [1.54, 1.807) is 6.20 Å². The summed E-state index contributed by atoms with van der Waals surface area (Å²) in [7, 11) is 0. The van der Waals surface area contributed by atoms with E-state index in [-0.39, 0.29) is 0 Å². The van der Waals surface area contributed by atoms with Crippen LogP contribution in [-0.2, 0) is 0 Å². The first-order valence-electron chi connectivity index (χ1n) is 5.37. The molecule has 0 aliphatic carbocycles. The van der Waals surface area contributed by atoms with Gasteiger partial charge in [0, 0.05) is 11.8 Å². The first-order valence-corrected chi connectivity index (χ1v) is 5.37. The zero-order valence-corrected chi connectivity index (χ0v) is 9.98. The summed E-state index contributed by atoms with van der Waals surface area (Å²) in [5.74, 6) is 5.90. The minimum Gasteiger partial charge on any atom is -0.320 e. The summed E-state index contributed by atoms with van der Waals surface area (Å²) in [6.07, 6.45) is 3.57. The van der Waals surface area contributed by atoms with Crippen LogP contribution < -0.4 is 5.73 Å². The number of hydrogen-bond acceptors (Lipinski definition) is 2. The molecule has 1 aromatic carbocycles. The quantitative estimate of drug-likeness (QED) is 0.478. The van der Waals surface area contributed by atoms with Gasteiger partial charge in [0.15, 0.2) is 0 Å². The van der Waals surface area contributed by atoms with E-state index in [2.05, 4.69) is 23.6 Å². The molecule has 0 aromatic heterocycles. The molecule has 0 unspecified atom stereocenters. The van der Waals surface area contributed by atoms with E-state index in [0.717, 1.165) is 16.7 Å². The van der Waals surface area contributed by atoms with Gasteiger partial charge in [-0.2, -0.15) is 0 Å². The van der Waals surface area contributed by atoms with Crippen LogP contribution in [0.2, 0.25) is 0 Å². The van der Waals surface area contributed by atoms with Gasteiger partial charge in [0.25, 0.3) is 0 Å². The molecule has 0 fully saturated rings. The molecule has 0 amide bonds. The summed E-state index contributed by atoms with van der Waals surface area (Å²) in [5, 5.41) is 0. The number of benzene rings is 1. The molecule has 0 saturated heterocycles. The van der Waals surface area contributed by atoms with E-state index >= 15 is 0 Å². The molecule has 2 N–H and O–H groups in total. The van der Waals surface area contributed by atoms with E-state index in [4.69, 9.17) is 5.73 Å². The fourth-order valence-corrected chi connectivity index (χ4v) is 1.43. The molecule has 0 saturated carbocycles. The molecule has 17 heavy (non-hydrogen) atoms. The molecule has 0 bridgehead atoms. The molecule has 2 nitrogen and oxygen atoms in total. The van der Waals surface area contributed by atoms with Gasteiger partial charge in [-0.25, -0.2) is 0 Å². The predicted molar refractivity (Wildman–Crippen MR) is 74.6 cm³/mol. The minimum atomic E-state index is 0.364. The monoisotopic (exact) mass is 224 g/mol. The smallest absolute Gasteiger partial charge is 0.0555 e. The van der Waals surface area contributed by atoms with Crippen LogP contribution in [0.1, 0.15) is 12.5 Å². The van der Waals surface area contributed by atoms with E-state index in [0.29, 0.717) is 6.54 Å². The summed E-state index contributed by atoms with van der Waals surface area (Å²) < 4.78 is 0. The van der Waals surface area contributed by atoms with Gasteiger partial charge in [-0.15, -0.1) is 0 Å². The van der Waals surface area contributed by atoms with E-state index < -0.39 is 0 Å². The topological polar surface area (TPSA) is 38.4 Å². The summed E-state index contributed by atoms with van der Waals surface area (Å²) in [6.45, 7) is 5.77. The maximum Gasteiger partial charge on any atom is 0.0555 e.